The van der Waals surface area contributed by atoms with Crippen LogP contribution in [0.5, 0.6) is 0 Å². The van der Waals surface area contributed by atoms with Crippen LogP contribution < -0.4 is 5.32 Å². The molecule has 0 heterocycles. The molecule has 1 amide bonds. The Kier molecular flexibility index (Phi) is 5.82. The Morgan fingerprint density at radius 2 is 1.76 bits per heavy atom. The fourth-order valence-electron chi connectivity index (χ4n) is 1.68. The van der Waals surface area contributed by atoms with E-state index in [1.165, 1.54) is 33.3 Å². The summed E-state index contributed by atoms with van der Waals surface area (Å²) in [7, 11) is 0.497. The largest absolute Gasteiger partial charge is 0.348 e. The number of hydrogen-bond acceptors (Lipinski definition) is 3. The summed E-state index contributed by atoms with van der Waals surface area (Å²) in [5.41, 5.74) is 0.739. The lowest BCUT2D eigenvalue weighted by atomic mass is 10.1. The van der Waals surface area contributed by atoms with Crippen molar-refractivity contribution in [3.05, 3.63) is 35.6 Å². The summed E-state index contributed by atoms with van der Waals surface area (Å²) in [4.78, 5) is 11.9. The van der Waals surface area contributed by atoms with Crippen LogP contribution in [0.1, 0.15) is 18.5 Å². The van der Waals surface area contributed by atoms with Gasteiger partial charge in [-0.1, -0.05) is 12.1 Å². The third-order valence-electron chi connectivity index (χ3n) is 2.97. The molecule has 1 aromatic rings. The van der Waals surface area contributed by atoms with E-state index >= 15 is 0 Å². The van der Waals surface area contributed by atoms with Gasteiger partial charge in [0.25, 0.3) is 10.2 Å². The Bertz CT molecular complexity index is 587. The van der Waals surface area contributed by atoms with Gasteiger partial charge in [0.05, 0.1) is 12.6 Å². The van der Waals surface area contributed by atoms with Crippen LogP contribution in [0.4, 0.5) is 4.39 Å². The summed E-state index contributed by atoms with van der Waals surface area (Å²) in [6.07, 6.45) is 0. The van der Waals surface area contributed by atoms with Crippen molar-refractivity contribution in [3.63, 3.8) is 0 Å². The van der Waals surface area contributed by atoms with Crippen molar-refractivity contribution >= 4 is 16.1 Å². The van der Waals surface area contributed by atoms with Crippen LogP contribution in [-0.4, -0.2) is 50.6 Å². The first-order chi connectivity index (χ1) is 9.64. The molecule has 0 aliphatic carbocycles. The van der Waals surface area contributed by atoms with E-state index in [0.717, 1.165) is 14.2 Å². The average Bonchev–Trinajstić information content (AvgIpc) is 2.38. The molecule has 1 rings (SSSR count). The quantitative estimate of drug-likeness (QED) is 0.841. The molecule has 1 unspecified atom stereocenters. The monoisotopic (exact) mass is 317 g/mol. The second-order valence-corrected chi connectivity index (χ2v) is 7.14. The van der Waals surface area contributed by atoms with E-state index < -0.39 is 16.1 Å². The van der Waals surface area contributed by atoms with Crippen molar-refractivity contribution in [2.24, 2.45) is 0 Å². The molecule has 6 nitrogen and oxygen atoms in total. The predicted molar refractivity (Wildman–Crippen MR) is 78.2 cm³/mol. The van der Waals surface area contributed by atoms with Crippen LogP contribution in [0.15, 0.2) is 24.3 Å². The average molecular weight is 317 g/mol. The van der Waals surface area contributed by atoms with Crippen LogP contribution >= 0.6 is 0 Å². The standard InChI is InChI=1S/C13H20FN3O3S/c1-10(11-5-7-12(14)8-6-11)15-13(18)9-17(4)21(19,20)16(2)3/h5-8,10H,9H2,1-4H3,(H,15,18). The molecular formula is C13H20FN3O3S. The Hall–Kier alpha value is -1.51. The number of nitrogens with zero attached hydrogens (tertiary/aromatic N) is 2. The van der Waals surface area contributed by atoms with Crippen LogP contribution in [0.3, 0.4) is 0 Å². The summed E-state index contributed by atoms with van der Waals surface area (Å²) in [5.74, 6) is -0.783. The van der Waals surface area contributed by atoms with Crippen molar-refractivity contribution < 1.29 is 17.6 Å². The molecule has 0 radical (unpaired) electrons. The molecule has 8 heteroatoms. The van der Waals surface area contributed by atoms with Crippen molar-refractivity contribution in [2.75, 3.05) is 27.7 Å². The Morgan fingerprint density at radius 3 is 2.24 bits per heavy atom. The van der Waals surface area contributed by atoms with Gasteiger partial charge < -0.3 is 5.32 Å². The summed E-state index contributed by atoms with van der Waals surface area (Å²) >= 11 is 0. The van der Waals surface area contributed by atoms with Gasteiger partial charge >= 0.3 is 0 Å². The molecule has 0 aliphatic heterocycles. The number of likely N-dealkylation sites (N-methyl/N-ethyl adjacent to an activating group) is 1. The van der Waals surface area contributed by atoms with Gasteiger partial charge in [-0.05, 0) is 24.6 Å². The minimum atomic E-state index is -3.62. The molecule has 0 bridgehead atoms. The highest BCUT2D eigenvalue weighted by Gasteiger charge is 2.23. The van der Waals surface area contributed by atoms with E-state index in [9.17, 15) is 17.6 Å². The predicted octanol–water partition coefficient (Wildman–Crippen LogP) is 0.741. The zero-order chi connectivity index (χ0) is 16.2. The number of amides is 1. The van der Waals surface area contributed by atoms with Crippen molar-refractivity contribution in [2.45, 2.75) is 13.0 Å². The second kappa shape index (κ2) is 6.97. The smallest absolute Gasteiger partial charge is 0.281 e. The lowest BCUT2D eigenvalue weighted by Gasteiger charge is -2.22. The molecule has 0 fully saturated rings. The van der Waals surface area contributed by atoms with Crippen molar-refractivity contribution in [1.29, 1.82) is 0 Å². The molecule has 0 aliphatic rings. The minimum Gasteiger partial charge on any atom is -0.348 e. The number of carbonyl (C=O) groups excluding carboxylic acids is 1. The third-order valence-corrected chi connectivity index (χ3v) is 4.81. The lowest BCUT2D eigenvalue weighted by Crippen LogP contribution is -2.43. The molecular weight excluding hydrogens is 297 g/mol. The first kappa shape index (κ1) is 17.5. The molecule has 1 N–H and O–H groups in total. The highest BCUT2D eigenvalue weighted by molar-refractivity contribution is 7.86. The van der Waals surface area contributed by atoms with E-state index in [0.29, 0.717) is 0 Å². The van der Waals surface area contributed by atoms with Gasteiger partial charge in [-0.15, -0.1) is 0 Å². The van der Waals surface area contributed by atoms with Gasteiger partial charge in [0.1, 0.15) is 5.82 Å². The summed E-state index contributed by atoms with van der Waals surface area (Å²) in [6, 6.07) is 5.41. The van der Waals surface area contributed by atoms with Gasteiger partial charge in [-0.25, -0.2) is 4.39 Å². The maximum absolute atomic E-state index is 12.8. The normalized spacial score (nSPS) is 13.5. The molecule has 118 valence electrons. The SMILES string of the molecule is CC(NC(=O)CN(C)S(=O)(=O)N(C)C)c1ccc(F)cc1. The maximum Gasteiger partial charge on any atom is 0.281 e. The maximum atomic E-state index is 12.8. The van der Waals surface area contributed by atoms with Crippen LogP contribution in [0.25, 0.3) is 0 Å². The highest BCUT2D eigenvalue weighted by atomic mass is 32.2. The van der Waals surface area contributed by atoms with E-state index in [-0.39, 0.29) is 18.4 Å². The lowest BCUT2D eigenvalue weighted by molar-refractivity contribution is -0.121. The van der Waals surface area contributed by atoms with Gasteiger partial charge in [-0.3, -0.25) is 4.79 Å². The first-order valence-electron chi connectivity index (χ1n) is 6.33. The summed E-state index contributed by atoms with van der Waals surface area (Å²) < 4.78 is 38.4. The fourth-order valence-corrected chi connectivity index (χ4v) is 2.52. The van der Waals surface area contributed by atoms with E-state index in [2.05, 4.69) is 5.32 Å². The molecule has 0 saturated carbocycles. The number of nitrogens with one attached hydrogen (secondary N) is 1. The highest BCUT2D eigenvalue weighted by Crippen LogP contribution is 2.12. The summed E-state index contributed by atoms with van der Waals surface area (Å²) in [6.45, 7) is 1.46. The summed E-state index contributed by atoms with van der Waals surface area (Å²) in [5, 5.41) is 2.67. The first-order valence-corrected chi connectivity index (χ1v) is 7.73. The zero-order valence-electron chi connectivity index (χ0n) is 12.5. The van der Waals surface area contributed by atoms with Crippen LogP contribution in [0, 0.1) is 5.82 Å². The number of halogens is 1. The molecule has 1 aromatic carbocycles. The van der Waals surface area contributed by atoms with Crippen LogP contribution in [0.2, 0.25) is 0 Å². The van der Waals surface area contributed by atoms with Gasteiger partial charge in [0, 0.05) is 21.1 Å². The second-order valence-electron chi connectivity index (χ2n) is 4.89. The zero-order valence-corrected chi connectivity index (χ0v) is 13.3. The van der Waals surface area contributed by atoms with E-state index in [1.54, 1.807) is 19.1 Å². The van der Waals surface area contributed by atoms with Gasteiger partial charge in [0.15, 0.2) is 0 Å². The van der Waals surface area contributed by atoms with Gasteiger partial charge in [0.2, 0.25) is 5.91 Å². The Morgan fingerprint density at radius 1 is 1.24 bits per heavy atom. The third kappa shape index (κ3) is 4.76. The molecule has 0 aromatic heterocycles. The Balaban J connectivity index is 2.63. The number of hydrogen-bond donors (Lipinski definition) is 1. The molecule has 0 saturated heterocycles. The van der Waals surface area contributed by atoms with Gasteiger partial charge in [-0.2, -0.15) is 17.0 Å². The Labute approximate surface area is 124 Å². The van der Waals surface area contributed by atoms with E-state index in [4.69, 9.17) is 0 Å². The van der Waals surface area contributed by atoms with Crippen molar-refractivity contribution in [1.82, 2.24) is 13.9 Å². The molecule has 1 atom stereocenters. The van der Waals surface area contributed by atoms with Crippen LogP contribution in [-0.2, 0) is 15.0 Å². The molecule has 0 spiro atoms. The topological polar surface area (TPSA) is 69.7 Å². The number of benzene rings is 1. The number of carbonyl (C=O) groups is 1. The fraction of sp³-hybridized carbons (Fsp3) is 0.462. The molecule has 21 heavy (non-hydrogen) atoms. The number of rotatable bonds is 6. The van der Waals surface area contributed by atoms with Crippen molar-refractivity contribution in [3.8, 4) is 0 Å². The van der Waals surface area contributed by atoms with E-state index in [1.807, 2.05) is 0 Å². The minimum absolute atomic E-state index is 0.286.